The standard InChI is InChI=1S/C26H27NO3/c1-18-10-13-21(20-8-6-5-7-9-20)16-23(18)27(24(28)25(29)30)17-19-11-14-22(15-12-19)26(2,3)4/h5-16H,17H2,1-4H3,(H,29,30). The fraction of sp³-hybridized carbons (Fsp3) is 0.231. The molecule has 4 heteroatoms. The lowest BCUT2D eigenvalue weighted by molar-refractivity contribution is -0.148. The molecule has 0 unspecified atom stereocenters. The molecule has 154 valence electrons. The van der Waals surface area contributed by atoms with Crippen LogP contribution >= 0.6 is 0 Å². The van der Waals surface area contributed by atoms with E-state index >= 15 is 0 Å². The number of carboxylic acids is 1. The highest BCUT2D eigenvalue weighted by Crippen LogP contribution is 2.30. The molecule has 3 aromatic rings. The summed E-state index contributed by atoms with van der Waals surface area (Å²) < 4.78 is 0. The summed E-state index contributed by atoms with van der Waals surface area (Å²) in [5.74, 6) is -2.41. The van der Waals surface area contributed by atoms with E-state index in [9.17, 15) is 14.7 Å². The molecular formula is C26H27NO3. The molecule has 0 atom stereocenters. The first-order chi connectivity index (χ1) is 14.2. The number of anilines is 1. The third-order valence-corrected chi connectivity index (χ3v) is 5.20. The van der Waals surface area contributed by atoms with Crippen LogP contribution in [0.15, 0.2) is 72.8 Å². The lowest BCUT2D eigenvalue weighted by Crippen LogP contribution is -2.36. The van der Waals surface area contributed by atoms with E-state index in [1.165, 1.54) is 10.5 Å². The molecule has 0 fully saturated rings. The number of benzene rings is 3. The Bertz CT molecular complexity index is 1050. The van der Waals surface area contributed by atoms with Crippen molar-refractivity contribution < 1.29 is 14.7 Å². The van der Waals surface area contributed by atoms with Gasteiger partial charge in [-0.05, 0) is 46.2 Å². The minimum absolute atomic E-state index is 0.0235. The van der Waals surface area contributed by atoms with E-state index < -0.39 is 11.9 Å². The summed E-state index contributed by atoms with van der Waals surface area (Å²) in [6.45, 7) is 8.49. The number of carbonyl (C=O) groups is 2. The summed E-state index contributed by atoms with van der Waals surface area (Å²) in [4.78, 5) is 25.5. The summed E-state index contributed by atoms with van der Waals surface area (Å²) in [5, 5.41) is 9.43. The predicted octanol–water partition coefficient (Wildman–Crippen LogP) is 5.58. The van der Waals surface area contributed by atoms with Crippen molar-refractivity contribution in [3.63, 3.8) is 0 Å². The number of carbonyl (C=O) groups excluding carboxylic acids is 1. The van der Waals surface area contributed by atoms with Gasteiger partial charge in [0.1, 0.15) is 0 Å². The van der Waals surface area contributed by atoms with Gasteiger partial charge in [-0.1, -0.05) is 87.5 Å². The zero-order valence-electron chi connectivity index (χ0n) is 17.8. The van der Waals surface area contributed by atoms with Gasteiger partial charge >= 0.3 is 11.9 Å². The summed E-state index contributed by atoms with van der Waals surface area (Å²) in [5.41, 5.74) is 5.47. The van der Waals surface area contributed by atoms with Crippen molar-refractivity contribution in [1.29, 1.82) is 0 Å². The number of rotatable bonds is 4. The Balaban J connectivity index is 2.00. The molecule has 3 aromatic carbocycles. The molecule has 4 nitrogen and oxygen atoms in total. The van der Waals surface area contributed by atoms with Gasteiger partial charge in [-0.25, -0.2) is 4.79 Å². The van der Waals surface area contributed by atoms with Crippen LogP contribution in [0.1, 0.15) is 37.5 Å². The molecule has 0 heterocycles. The smallest absolute Gasteiger partial charge is 0.394 e. The third kappa shape index (κ3) is 4.77. The zero-order chi connectivity index (χ0) is 21.9. The Labute approximate surface area is 177 Å². The maximum absolute atomic E-state index is 12.6. The van der Waals surface area contributed by atoms with Gasteiger partial charge in [0, 0.05) is 5.69 Å². The fourth-order valence-corrected chi connectivity index (χ4v) is 3.38. The molecule has 0 bridgehead atoms. The van der Waals surface area contributed by atoms with Gasteiger partial charge in [0.25, 0.3) is 0 Å². The maximum atomic E-state index is 12.6. The summed E-state index contributed by atoms with van der Waals surface area (Å²) >= 11 is 0. The van der Waals surface area contributed by atoms with Gasteiger partial charge in [-0.15, -0.1) is 0 Å². The fourth-order valence-electron chi connectivity index (χ4n) is 3.38. The van der Waals surface area contributed by atoms with Crippen LogP contribution in [0.4, 0.5) is 5.69 Å². The Morgan fingerprint density at radius 1 is 0.867 bits per heavy atom. The Kier molecular flexibility index (Phi) is 6.06. The molecule has 1 amide bonds. The van der Waals surface area contributed by atoms with Gasteiger partial charge in [0.05, 0.1) is 6.54 Å². The molecule has 0 spiro atoms. The maximum Gasteiger partial charge on any atom is 0.394 e. The molecular weight excluding hydrogens is 374 g/mol. The molecule has 0 saturated carbocycles. The average molecular weight is 402 g/mol. The largest absolute Gasteiger partial charge is 0.474 e. The molecule has 30 heavy (non-hydrogen) atoms. The molecule has 0 radical (unpaired) electrons. The lowest BCUT2D eigenvalue weighted by Gasteiger charge is -2.24. The molecule has 0 aliphatic rings. The molecule has 0 aliphatic carbocycles. The number of carboxylic acid groups (broad SMARTS) is 1. The summed E-state index contributed by atoms with van der Waals surface area (Å²) in [6.07, 6.45) is 0. The number of nitrogens with zero attached hydrogens (tertiary/aromatic N) is 1. The Hall–Kier alpha value is -3.40. The van der Waals surface area contributed by atoms with E-state index in [2.05, 4.69) is 20.8 Å². The van der Waals surface area contributed by atoms with Crippen LogP contribution in [0.5, 0.6) is 0 Å². The van der Waals surface area contributed by atoms with E-state index in [0.29, 0.717) is 5.69 Å². The van der Waals surface area contributed by atoms with Crippen molar-refractivity contribution in [2.75, 3.05) is 4.90 Å². The highest BCUT2D eigenvalue weighted by atomic mass is 16.4. The number of aryl methyl sites for hydroxylation is 1. The second-order valence-electron chi connectivity index (χ2n) is 8.51. The van der Waals surface area contributed by atoms with E-state index in [-0.39, 0.29) is 12.0 Å². The van der Waals surface area contributed by atoms with Crippen molar-refractivity contribution in [3.05, 3.63) is 89.5 Å². The minimum Gasteiger partial charge on any atom is -0.474 e. The molecule has 3 rings (SSSR count). The molecule has 1 N–H and O–H groups in total. The van der Waals surface area contributed by atoms with Crippen molar-refractivity contribution in [3.8, 4) is 11.1 Å². The van der Waals surface area contributed by atoms with E-state index in [4.69, 9.17) is 0 Å². The number of hydrogen-bond acceptors (Lipinski definition) is 2. The SMILES string of the molecule is Cc1ccc(-c2ccccc2)cc1N(Cc1ccc(C(C)(C)C)cc1)C(=O)C(=O)O. The van der Waals surface area contributed by atoms with Crippen LogP contribution in [0.2, 0.25) is 0 Å². The van der Waals surface area contributed by atoms with Gasteiger partial charge in [-0.2, -0.15) is 0 Å². The van der Waals surface area contributed by atoms with Gasteiger partial charge in [-0.3, -0.25) is 9.69 Å². The summed E-state index contributed by atoms with van der Waals surface area (Å²) in [6, 6.07) is 23.6. The van der Waals surface area contributed by atoms with Crippen LogP contribution in [0.3, 0.4) is 0 Å². The van der Waals surface area contributed by atoms with Gasteiger partial charge in [0.2, 0.25) is 0 Å². The zero-order valence-corrected chi connectivity index (χ0v) is 17.8. The van der Waals surface area contributed by atoms with Crippen LogP contribution in [0, 0.1) is 6.92 Å². The van der Waals surface area contributed by atoms with Gasteiger partial charge < -0.3 is 5.11 Å². The monoisotopic (exact) mass is 401 g/mol. The minimum atomic E-state index is -1.47. The topological polar surface area (TPSA) is 57.6 Å². The van der Waals surface area contributed by atoms with E-state index in [1.807, 2.05) is 79.7 Å². The van der Waals surface area contributed by atoms with Crippen molar-refractivity contribution in [2.45, 2.75) is 39.7 Å². The first-order valence-corrected chi connectivity index (χ1v) is 9.97. The first-order valence-electron chi connectivity index (χ1n) is 9.97. The quantitative estimate of drug-likeness (QED) is 0.581. The Morgan fingerprint density at radius 2 is 1.50 bits per heavy atom. The Morgan fingerprint density at radius 3 is 2.07 bits per heavy atom. The van der Waals surface area contributed by atoms with Crippen LogP contribution in [0.25, 0.3) is 11.1 Å². The van der Waals surface area contributed by atoms with Crippen molar-refractivity contribution >= 4 is 17.6 Å². The summed E-state index contributed by atoms with van der Waals surface area (Å²) in [7, 11) is 0. The normalized spacial score (nSPS) is 11.2. The predicted molar refractivity (Wildman–Crippen MR) is 121 cm³/mol. The second kappa shape index (κ2) is 8.54. The van der Waals surface area contributed by atoms with Crippen molar-refractivity contribution in [2.24, 2.45) is 0 Å². The highest BCUT2D eigenvalue weighted by molar-refractivity contribution is 6.37. The second-order valence-corrected chi connectivity index (χ2v) is 8.51. The number of amides is 1. The van der Waals surface area contributed by atoms with Crippen LogP contribution in [-0.4, -0.2) is 17.0 Å². The molecule has 0 saturated heterocycles. The third-order valence-electron chi connectivity index (χ3n) is 5.20. The molecule has 0 aromatic heterocycles. The number of hydrogen-bond donors (Lipinski definition) is 1. The van der Waals surface area contributed by atoms with Crippen LogP contribution < -0.4 is 4.90 Å². The average Bonchev–Trinajstić information content (AvgIpc) is 2.72. The van der Waals surface area contributed by atoms with Crippen molar-refractivity contribution in [1.82, 2.24) is 0 Å². The van der Waals surface area contributed by atoms with Gasteiger partial charge in [0.15, 0.2) is 0 Å². The highest BCUT2D eigenvalue weighted by Gasteiger charge is 2.25. The van der Waals surface area contributed by atoms with E-state index in [1.54, 1.807) is 0 Å². The lowest BCUT2D eigenvalue weighted by atomic mass is 9.87. The first kappa shape index (κ1) is 21.3. The molecule has 0 aliphatic heterocycles. The number of aliphatic carboxylic acids is 1. The van der Waals surface area contributed by atoms with E-state index in [0.717, 1.165) is 22.3 Å². The van der Waals surface area contributed by atoms with Crippen LogP contribution in [-0.2, 0) is 21.5 Å².